The van der Waals surface area contributed by atoms with Gasteiger partial charge in [0.25, 0.3) is 0 Å². The van der Waals surface area contributed by atoms with Crippen molar-refractivity contribution >= 4 is 33.3 Å². The minimum Gasteiger partial charge on any atom is -0.355 e. The van der Waals surface area contributed by atoms with E-state index in [1.807, 2.05) is 6.07 Å². The molecule has 1 atom stereocenters. The summed E-state index contributed by atoms with van der Waals surface area (Å²) in [7, 11) is 0. The maximum absolute atomic E-state index is 6.14. The molecular formula is C10H13BrClN3. The lowest BCUT2D eigenvalue weighted by molar-refractivity contribution is 0.602. The lowest BCUT2D eigenvalue weighted by Crippen LogP contribution is -2.23. The van der Waals surface area contributed by atoms with Crippen LogP contribution in [0.15, 0.2) is 16.7 Å². The van der Waals surface area contributed by atoms with Crippen molar-refractivity contribution in [3.8, 4) is 0 Å². The van der Waals surface area contributed by atoms with E-state index in [2.05, 4.69) is 25.8 Å². The van der Waals surface area contributed by atoms with Crippen LogP contribution in [0.4, 0.5) is 5.82 Å². The summed E-state index contributed by atoms with van der Waals surface area (Å²) in [5.74, 6) is 1.45. The fraction of sp³-hybridized carbons (Fsp3) is 0.500. The third-order valence-electron chi connectivity index (χ3n) is 2.71. The standard InChI is InChI=1S/C10H13BrClN3/c11-8-3-9(12)10(14-5-8)15-2-1-7(4-13)6-15/h3,5,7H,1-2,4,6,13H2. The van der Waals surface area contributed by atoms with Gasteiger partial charge in [-0.05, 0) is 40.9 Å². The minimum atomic E-state index is 0.575. The first kappa shape index (κ1) is 11.2. The van der Waals surface area contributed by atoms with E-state index >= 15 is 0 Å². The molecule has 1 unspecified atom stereocenters. The zero-order valence-electron chi connectivity index (χ0n) is 8.29. The second-order valence-electron chi connectivity index (χ2n) is 3.80. The SMILES string of the molecule is NCC1CCN(c2ncc(Br)cc2Cl)C1. The second-order valence-corrected chi connectivity index (χ2v) is 5.12. The number of anilines is 1. The molecule has 1 aliphatic rings. The van der Waals surface area contributed by atoms with Crippen molar-refractivity contribution in [3.63, 3.8) is 0 Å². The Labute approximate surface area is 103 Å². The van der Waals surface area contributed by atoms with Gasteiger partial charge in [-0.25, -0.2) is 4.98 Å². The highest BCUT2D eigenvalue weighted by molar-refractivity contribution is 9.10. The Hall–Kier alpha value is -0.320. The molecule has 0 aromatic carbocycles. The van der Waals surface area contributed by atoms with Crippen molar-refractivity contribution in [1.82, 2.24) is 4.98 Å². The van der Waals surface area contributed by atoms with Crippen LogP contribution in [0.1, 0.15) is 6.42 Å². The molecule has 1 aromatic heterocycles. The minimum absolute atomic E-state index is 0.575. The van der Waals surface area contributed by atoms with Gasteiger partial charge in [-0.1, -0.05) is 11.6 Å². The van der Waals surface area contributed by atoms with Crippen LogP contribution >= 0.6 is 27.5 Å². The van der Waals surface area contributed by atoms with E-state index in [9.17, 15) is 0 Å². The topological polar surface area (TPSA) is 42.1 Å². The number of pyridine rings is 1. The van der Waals surface area contributed by atoms with Crippen LogP contribution in [0.25, 0.3) is 0 Å². The zero-order chi connectivity index (χ0) is 10.8. The molecule has 0 radical (unpaired) electrons. The third-order valence-corrected chi connectivity index (χ3v) is 3.42. The van der Waals surface area contributed by atoms with Crippen molar-refractivity contribution in [2.45, 2.75) is 6.42 Å². The fourth-order valence-electron chi connectivity index (χ4n) is 1.86. The smallest absolute Gasteiger partial charge is 0.147 e. The molecule has 1 aromatic rings. The molecule has 0 spiro atoms. The molecule has 5 heteroatoms. The predicted octanol–water partition coefficient (Wildman–Crippen LogP) is 2.28. The highest BCUT2D eigenvalue weighted by atomic mass is 79.9. The first-order chi connectivity index (χ1) is 7.20. The highest BCUT2D eigenvalue weighted by Gasteiger charge is 2.23. The van der Waals surface area contributed by atoms with Gasteiger partial charge < -0.3 is 10.6 Å². The summed E-state index contributed by atoms with van der Waals surface area (Å²) in [6.45, 7) is 2.70. The normalized spacial score (nSPS) is 21.0. The molecule has 15 heavy (non-hydrogen) atoms. The lowest BCUT2D eigenvalue weighted by Gasteiger charge is -2.18. The monoisotopic (exact) mass is 289 g/mol. The quantitative estimate of drug-likeness (QED) is 0.908. The molecule has 1 aliphatic heterocycles. The van der Waals surface area contributed by atoms with Gasteiger partial charge in [-0.3, -0.25) is 0 Å². The molecule has 2 rings (SSSR count). The number of nitrogens with zero attached hydrogens (tertiary/aromatic N) is 2. The molecule has 2 N–H and O–H groups in total. The molecule has 1 fully saturated rings. The number of nitrogens with two attached hydrogens (primary N) is 1. The maximum atomic E-state index is 6.14. The molecule has 82 valence electrons. The number of rotatable bonds is 2. The van der Waals surface area contributed by atoms with Crippen molar-refractivity contribution < 1.29 is 0 Å². The Kier molecular flexibility index (Phi) is 3.49. The van der Waals surface area contributed by atoms with Gasteiger partial charge in [-0.2, -0.15) is 0 Å². The molecule has 0 bridgehead atoms. The molecule has 0 saturated carbocycles. The van der Waals surface area contributed by atoms with E-state index < -0.39 is 0 Å². The number of aromatic nitrogens is 1. The van der Waals surface area contributed by atoms with Crippen LogP contribution in [0, 0.1) is 5.92 Å². The van der Waals surface area contributed by atoms with Gasteiger partial charge >= 0.3 is 0 Å². The van der Waals surface area contributed by atoms with E-state index in [1.54, 1.807) is 6.20 Å². The lowest BCUT2D eigenvalue weighted by atomic mass is 10.1. The van der Waals surface area contributed by atoms with E-state index in [4.69, 9.17) is 17.3 Å². The summed E-state index contributed by atoms with van der Waals surface area (Å²) in [6.07, 6.45) is 2.90. The summed E-state index contributed by atoms with van der Waals surface area (Å²) < 4.78 is 0.908. The Morgan fingerprint density at radius 1 is 1.67 bits per heavy atom. The van der Waals surface area contributed by atoms with Crippen LogP contribution < -0.4 is 10.6 Å². The van der Waals surface area contributed by atoms with E-state index in [0.717, 1.165) is 36.3 Å². The van der Waals surface area contributed by atoms with Gasteiger partial charge in [0.2, 0.25) is 0 Å². The van der Waals surface area contributed by atoms with Crippen molar-refractivity contribution in [3.05, 3.63) is 21.8 Å². The van der Waals surface area contributed by atoms with Crippen LogP contribution in [0.2, 0.25) is 5.02 Å². The fourth-order valence-corrected chi connectivity index (χ4v) is 2.61. The summed E-state index contributed by atoms with van der Waals surface area (Å²) in [5, 5.41) is 0.696. The maximum Gasteiger partial charge on any atom is 0.147 e. The zero-order valence-corrected chi connectivity index (χ0v) is 10.6. The first-order valence-electron chi connectivity index (χ1n) is 4.96. The Balaban J connectivity index is 2.17. The molecule has 1 saturated heterocycles. The molecule has 2 heterocycles. The Bertz CT molecular complexity index is 359. The van der Waals surface area contributed by atoms with Crippen LogP contribution in [0.5, 0.6) is 0 Å². The summed E-state index contributed by atoms with van der Waals surface area (Å²) in [4.78, 5) is 6.54. The summed E-state index contributed by atoms with van der Waals surface area (Å²) in [5.41, 5.74) is 5.65. The second kappa shape index (κ2) is 4.68. The van der Waals surface area contributed by atoms with Crippen molar-refractivity contribution in [2.24, 2.45) is 11.7 Å². The Morgan fingerprint density at radius 3 is 3.07 bits per heavy atom. The highest BCUT2D eigenvalue weighted by Crippen LogP contribution is 2.29. The van der Waals surface area contributed by atoms with Gasteiger partial charge in [0.15, 0.2) is 0 Å². The van der Waals surface area contributed by atoms with Gasteiger partial charge in [0, 0.05) is 23.8 Å². The first-order valence-corrected chi connectivity index (χ1v) is 6.14. The summed E-state index contributed by atoms with van der Waals surface area (Å²) >= 11 is 9.48. The number of hydrogen-bond acceptors (Lipinski definition) is 3. The number of halogens is 2. The van der Waals surface area contributed by atoms with Crippen molar-refractivity contribution in [1.29, 1.82) is 0 Å². The van der Waals surface area contributed by atoms with E-state index in [-0.39, 0.29) is 0 Å². The average Bonchev–Trinajstić information content (AvgIpc) is 2.66. The van der Waals surface area contributed by atoms with Gasteiger partial charge in [0.1, 0.15) is 5.82 Å². The van der Waals surface area contributed by atoms with E-state index in [0.29, 0.717) is 10.9 Å². The summed E-state index contributed by atoms with van der Waals surface area (Å²) in [6, 6.07) is 1.87. The van der Waals surface area contributed by atoms with Crippen LogP contribution in [-0.4, -0.2) is 24.6 Å². The predicted molar refractivity (Wildman–Crippen MR) is 66.3 cm³/mol. The van der Waals surface area contributed by atoms with E-state index in [1.165, 1.54) is 0 Å². The average molecular weight is 291 g/mol. The number of hydrogen-bond donors (Lipinski definition) is 1. The van der Waals surface area contributed by atoms with Gasteiger partial charge in [0.05, 0.1) is 5.02 Å². The molecule has 3 nitrogen and oxygen atoms in total. The van der Waals surface area contributed by atoms with Crippen LogP contribution in [0.3, 0.4) is 0 Å². The molecular weight excluding hydrogens is 277 g/mol. The third kappa shape index (κ3) is 2.44. The van der Waals surface area contributed by atoms with Gasteiger partial charge in [-0.15, -0.1) is 0 Å². The molecule has 0 amide bonds. The Morgan fingerprint density at radius 2 is 2.47 bits per heavy atom. The molecule has 0 aliphatic carbocycles. The van der Waals surface area contributed by atoms with Crippen LogP contribution in [-0.2, 0) is 0 Å². The van der Waals surface area contributed by atoms with Crippen molar-refractivity contribution in [2.75, 3.05) is 24.5 Å². The largest absolute Gasteiger partial charge is 0.355 e.